The zero-order chi connectivity index (χ0) is 13.1. The molecule has 0 radical (unpaired) electrons. The van der Waals surface area contributed by atoms with Gasteiger partial charge in [-0.1, -0.05) is 0 Å². The van der Waals surface area contributed by atoms with E-state index in [1.54, 1.807) is 10.9 Å². The van der Waals surface area contributed by atoms with Crippen LogP contribution in [0.15, 0.2) is 29.0 Å². The number of anilines is 1. The molecule has 0 fully saturated rings. The maximum Gasteiger partial charge on any atom is 0.150 e. The average molecular weight is 316 g/mol. The van der Waals surface area contributed by atoms with Gasteiger partial charge in [-0.2, -0.15) is 5.10 Å². The van der Waals surface area contributed by atoms with Gasteiger partial charge < -0.3 is 5.32 Å². The van der Waals surface area contributed by atoms with Crippen molar-refractivity contribution < 1.29 is 8.78 Å². The molecule has 0 aliphatic rings. The molecule has 1 aromatic heterocycles. The molecule has 0 saturated heterocycles. The Morgan fingerprint density at radius 3 is 2.78 bits per heavy atom. The fourth-order valence-electron chi connectivity index (χ4n) is 1.64. The Morgan fingerprint density at radius 1 is 1.39 bits per heavy atom. The average Bonchev–Trinajstić information content (AvgIpc) is 2.68. The number of nitrogens with zero attached hydrogens (tertiary/aromatic N) is 2. The molecule has 0 bridgehead atoms. The molecule has 0 saturated carbocycles. The van der Waals surface area contributed by atoms with Crippen LogP contribution in [0.2, 0.25) is 0 Å². The van der Waals surface area contributed by atoms with Crippen LogP contribution in [0.4, 0.5) is 14.5 Å². The van der Waals surface area contributed by atoms with Crippen molar-refractivity contribution in [3.63, 3.8) is 0 Å². The molecule has 0 atom stereocenters. The highest BCUT2D eigenvalue weighted by molar-refractivity contribution is 9.10. The Labute approximate surface area is 112 Å². The quantitative estimate of drug-likeness (QED) is 0.939. The van der Waals surface area contributed by atoms with Gasteiger partial charge in [-0.15, -0.1) is 0 Å². The Kier molecular flexibility index (Phi) is 3.96. The van der Waals surface area contributed by atoms with Crippen molar-refractivity contribution in [1.82, 2.24) is 9.78 Å². The molecule has 96 valence electrons. The highest BCUT2D eigenvalue weighted by atomic mass is 79.9. The number of aryl methyl sites for hydroxylation is 1. The molecular weight excluding hydrogens is 304 g/mol. The van der Waals surface area contributed by atoms with E-state index in [1.165, 1.54) is 6.07 Å². The fraction of sp³-hybridized carbons (Fsp3) is 0.250. The molecule has 0 aliphatic heterocycles. The summed E-state index contributed by atoms with van der Waals surface area (Å²) < 4.78 is 28.5. The van der Waals surface area contributed by atoms with Gasteiger partial charge in [0.05, 0.1) is 11.9 Å². The van der Waals surface area contributed by atoms with E-state index in [0.717, 1.165) is 18.1 Å². The van der Waals surface area contributed by atoms with Gasteiger partial charge in [0, 0.05) is 30.3 Å². The minimum Gasteiger partial charge on any atom is -0.381 e. The summed E-state index contributed by atoms with van der Waals surface area (Å²) in [5, 5.41) is 6.99. The van der Waals surface area contributed by atoms with Gasteiger partial charge in [0.1, 0.15) is 11.6 Å². The van der Waals surface area contributed by atoms with Crippen LogP contribution in [0.25, 0.3) is 0 Å². The summed E-state index contributed by atoms with van der Waals surface area (Å²) in [5.74, 6) is -1.20. The van der Waals surface area contributed by atoms with Crippen molar-refractivity contribution in [2.75, 3.05) is 11.9 Å². The molecule has 0 spiro atoms. The number of benzene rings is 1. The molecule has 1 N–H and O–H groups in total. The smallest absolute Gasteiger partial charge is 0.150 e. The molecule has 1 heterocycles. The Bertz CT molecular complexity index is 531. The monoisotopic (exact) mass is 315 g/mol. The number of rotatable bonds is 4. The van der Waals surface area contributed by atoms with Crippen LogP contribution < -0.4 is 5.32 Å². The van der Waals surface area contributed by atoms with Gasteiger partial charge >= 0.3 is 0 Å². The van der Waals surface area contributed by atoms with E-state index < -0.39 is 11.6 Å². The Hall–Kier alpha value is -1.43. The Balaban J connectivity index is 1.98. The second-order valence-corrected chi connectivity index (χ2v) is 4.80. The normalized spacial score (nSPS) is 10.7. The number of nitrogens with one attached hydrogen (secondary N) is 1. The lowest BCUT2D eigenvalue weighted by molar-refractivity contribution is 0.583. The van der Waals surface area contributed by atoms with E-state index in [0.29, 0.717) is 11.0 Å². The van der Waals surface area contributed by atoms with Crippen LogP contribution in [0, 0.1) is 11.6 Å². The lowest BCUT2D eigenvalue weighted by Crippen LogP contribution is -2.07. The molecule has 2 rings (SSSR count). The van der Waals surface area contributed by atoms with Crippen molar-refractivity contribution in [2.24, 2.45) is 7.05 Å². The van der Waals surface area contributed by atoms with Gasteiger partial charge in [-0.3, -0.25) is 4.68 Å². The highest BCUT2D eigenvalue weighted by Gasteiger charge is 2.09. The standard InChI is InChI=1S/C12H12BrF2N3/c1-18-7-8(6-17-18)2-3-16-12-10(13)4-9(14)5-11(12)15/h4-7,16H,2-3H2,1H3. The first-order valence-corrected chi connectivity index (χ1v) is 6.21. The zero-order valence-electron chi connectivity index (χ0n) is 9.75. The second-order valence-electron chi connectivity index (χ2n) is 3.94. The van der Waals surface area contributed by atoms with Crippen LogP contribution in [0.1, 0.15) is 5.56 Å². The maximum absolute atomic E-state index is 13.5. The largest absolute Gasteiger partial charge is 0.381 e. The molecule has 0 aliphatic carbocycles. The summed E-state index contributed by atoms with van der Waals surface area (Å²) in [6, 6.07) is 2.09. The SMILES string of the molecule is Cn1cc(CCNc2c(F)cc(F)cc2Br)cn1. The first kappa shape index (κ1) is 13.0. The lowest BCUT2D eigenvalue weighted by Gasteiger charge is -2.09. The van der Waals surface area contributed by atoms with Gasteiger partial charge in [0.15, 0.2) is 0 Å². The number of hydrogen-bond donors (Lipinski definition) is 1. The minimum absolute atomic E-state index is 0.278. The lowest BCUT2D eigenvalue weighted by atomic mass is 10.2. The summed E-state index contributed by atoms with van der Waals surface area (Å²) >= 11 is 3.13. The van der Waals surface area contributed by atoms with Crippen molar-refractivity contribution in [3.05, 3.63) is 46.2 Å². The molecule has 6 heteroatoms. The third-order valence-corrected chi connectivity index (χ3v) is 3.11. The van der Waals surface area contributed by atoms with E-state index in [4.69, 9.17) is 0 Å². The first-order chi connectivity index (χ1) is 8.56. The molecular formula is C12H12BrF2N3. The van der Waals surface area contributed by atoms with Crippen molar-refractivity contribution in [3.8, 4) is 0 Å². The summed E-state index contributed by atoms with van der Waals surface area (Å²) in [6.45, 7) is 0.548. The molecule has 18 heavy (non-hydrogen) atoms. The van der Waals surface area contributed by atoms with Crippen molar-refractivity contribution in [1.29, 1.82) is 0 Å². The topological polar surface area (TPSA) is 29.9 Å². The van der Waals surface area contributed by atoms with E-state index in [-0.39, 0.29) is 5.69 Å². The van der Waals surface area contributed by atoms with Gasteiger partial charge in [0.25, 0.3) is 0 Å². The summed E-state index contributed by atoms with van der Waals surface area (Å²) in [7, 11) is 1.84. The molecule has 0 amide bonds. The van der Waals surface area contributed by atoms with Gasteiger partial charge in [-0.05, 0) is 34.0 Å². The van der Waals surface area contributed by atoms with E-state index in [2.05, 4.69) is 26.3 Å². The molecule has 1 aromatic carbocycles. The maximum atomic E-state index is 13.5. The number of aromatic nitrogens is 2. The van der Waals surface area contributed by atoms with E-state index in [1.807, 2.05) is 13.2 Å². The van der Waals surface area contributed by atoms with Crippen LogP contribution >= 0.6 is 15.9 Å². The predicted octanol–water partition coefficient (Wildman–Crippen LogP) is 3.12. The first-order valence-electron chi connectivity index (χ1n) is 5.42. The Morgan fingerprint density at radius 2 is 2.17 bits per heavy atom. The summed E-state index contributed by atoms with van der Waals surface area (Å²) in [5.41, 5.74) is 1.34. The van der Waals surface area contributed by atoms with Gasteiger partial charge in [-0.25, -0.2) is 8.78 Å². The molecule has 0 unspecified atom stereocenters. The minimum atomic E-state index is -0.604. The third-order valence-electron chi connectivity index (χ3n) is 2.48. The summed E-state index contributed by atoms with van der Waals surface area (Å²) in [4.78, 5) is 0. The third kappa shape index (κ3) is 3.07. The van der Waals surface area contributed by atoms with Gasteiger partial charge in [0.2, 0.25) is 0 Å². The van der Waals surface area contributed by atoms with Crippen LogP contribution in [-0.2, 0) is 13.5 Å². The predicted molar refractivity (Wildman–Crippen MR) is 69.5 cm³/mol. The van der Waals surface area contributed by atoms with Crippen LogP contribution in [0.5, 0.6) is 0 Å². The van der Waals surface area contributed by atoms with Crippen LogP contribution in [0.3, 0.4) is 0 Å². The number of hydrogen-bond acceptors (Lipinski definition) is 2. The van der Waals surface area contributed by atoms with E-state index in [9.17, 15) is 8.78 Å². The second kappa shape index (κ2) is 5.48. The number of halogens is 3. The molecule has 3 nitrogen and oxygen atoms in total. The highest BCUT2D eigenvalue weighted by Crippen LogP contribution is 2.26. The van der Waals surface area contributed by atoms with E-state index >= 15 is 0 Å². The molecule has 2 aromatic rings. The van der Waals surface area contributed by atoms with Crippen molar-refractivity contribution in [2.45, 2.75) is 6.42 Å². The van der Waals surface area contributed by atoms with Crippen LogP contribution in [-0.4, -0.2) is 16.3 Å². The fourth-order valence-corrected chi connectivity index (χ4v) is 2.19. The van der Waals surface area contributed by atoms with Crippen molar-refractivity contribution >= 4 is 21.6 Å². The summed E-state index contributed by atoms with van der Waals surface area (Å²) in [6.07, 6.45) is 4.38. The zero-order valence-corrected chi connectivity index (χ0v) is 11.3.